The van der Waals surface area contributed by atoms with Crippen molar-refractivity contribution in [2.75, 3.05) is 37.1 Å². The second-order valence-electron chi connectivity index (χ2n) is 8.89. The van der Waals surface area contributed by atoms with Crippen molar-refractivity contribution in [2.45, 2.75) is 52.0 Å². The first-order valence-electron chi connectivity index (χ1n) is 11.5. The molecule has 1 atom stereocenters. The fourth-order valence-corrected chi connectivity index (χ4v) is 4.09. The van der Waals surface area contributed by atoms with E-state index in [-0.39, 0.29) is 17.6 Å². The first-order chi connectivity index (χ1) is 15.9. The van der Waals surface area contributed by atoms with Crippen LogP contribution in [-0.2, 0) is 14.3 Å². The van der Waals surface area contributed by atoms with E-state index >= 15 is 0 Å². The molecule has 0 spiro atoms. The summed E-state index contributed by atoms with van der Waals surface area (Å²) >= 11 is 0. The van der Waals surface area contributed by atoms with Crippen molar-refractivity contribution in [3.05, 3.63) is 41.6 Å². The van der Waals surface area contributed by atoms with Crippen LogP contribution in [0.4, 0.5) is 17.2 Å². The van der Waals surface area contributed by atoms with Crippen LogP contribution in [0.2, 0.25) is 0 Å². The molecule has 1 aromatic carbocycles. The second-order valence-corrected chi connectivity index (χ2v) is 8.89. The van der Waals surface area contributed by atoms with Crippen LogP contribution in [0.1, 0.15) is 57.2 Å². The molecule has 2 heterocycles. The fraction of sp³-hybridized carbons (Fsp3) is 0.520. The number of nitrogens with one attached hydrogen (secondary N) is 1. The largest absolute Gasteiger partial charge is 0.469 e. The van der Waals surface area contributed by atoms with E-state index in [2.05, 4.69) is 52.5 Å². The van der Waals surface area contributed by atoms with Gasteiger partial charge in [-0.2, -0.15) is 5.26 Å². The molecule has 33 heavy (non-hydrogen) atoms. The summed E-state index contributed by atoms with van der Waals surface area (Å²) in [5.41, 5.74) is 3.28. The number of rotatable bonds is 9. The van der Waals surface area contributed by atoms with Gasteiger partial charge in [0.1, 0.15) is 6.07 Å². The number of anilines is 3. The van der Waals surface area contributed by atoms with Crippen molar-refractivity contribution in [3.63, 3.8) is 0 Å². The third kappa shape index (κ3) is 6.65. The van der Waals surface area contributed by atoms with E-state index in [4.69, 9.17) is 14.7 Å². The highest BCUT2D eigenvalue weighted by molar-refractivity contribution is 5.76. The lowest BCUT2D eigenvalue weighted by atomic mass is 9.95. The molecule has 3 rings (SSSR count). The Morgan fingerprint density at radius 3 is 2.61 bits per heavy atom. The number of aromatic nitrogens is 2. The van der Waals surface area contributed by atoms with E-state index in [1.54, 1.807) is 12.1 Å². The van der Waals surface area contributed by atoms with E-state index in [1.807, 2.05) is 13.0 Å². The van der Waals surface area contributed by atoms with Gasteiger partial charge in [-0.15, -0.1) is 10.2 Å². The molecule has 0 unspecified atom stereocenters. The molecule has 1 aliphatic heterocycles. The second kappa shape index (κ2) is 11.6. The minimum absolute atomic E-state index is 0.000674. The van der Waals surface area contributed by atoms with Crippen LogP contribution in [0, 0.1) is 17.2 Å². The third-order valence-electron chi connectivity index (χ3n) is 5.83. The topological polar surface area (TPSA) is 100 Å². The molecular formula is C25H33N5O3. The average molecular weight is 452 g/mol. The average Bonchev–Trinajstić information content (AvgIpc) is 2.83. The SMILES string of the molecule is COC(=O)C[C@@H](C)c1ccc(N(CC(C)C)C2CCOCC2)c(Nc2ccc(C#N)nn2)c1. The Morgan fingerprint density at radius 1 is 1.24 bits per heavy atom. The Balaban J connectivity index is 1.99. The lowest BCUT2D eigenvalue weighted by Gasteiger charge is -2.38. The van der Waals surface area contributed by atoms with Crippen LogP contribution in [-0.4, -0.2) is 49.1 Å². The zero-order valence-electron chi connectivity index (χ0n) is 19.9. The molecule has 8 heteroatoms. The summed E-state index contributed by atoms with van der Waals surface area (Å²) in [6.45, 7) is 8.89. The molecule has 0 aliphatic carbocycles. The lowest BCUT2D eigenvalue weighted by Crippen LogP contribution is -2.42. The highest BCUT2D eigenvalue weighted by Crippen LogP contribution is 2.36. The number of nitrogens with zero attached hydrogens (tertiary/aromatic N) is 4. The van der Waals surface area contributed by atoms with Gasteiger partial charge in [0.2, 0.25) is 0 Å². The van der Waals surface area contributed by atoms with Crippen molar-refractivity contribution < 1.29 is 14.3 Å². The summed E-state index contributed by atoms with van der Waals surface area (Å²) in [5.74, 6) is 0.807. The normalized spacial score (nSPS) is 15.0. The Kier molecular flexibility index (Phi) is 8.61. The van der Waals surface area contributed by atoms with Gasteiger partial charge >= 0.3 is 5.97 Å². The van der Waals surface area contributed by atoms with Crippen molar-refractivity contribution in [1.82, 2.24) is 10.2 Å². The van der Waals surface area contributed by atoms with E-state index < -0.39 is 0 Å². The summed E-state index contributed by atoms with van der Waals surface area (Å²) in [5, 5.41) is 20.5. The zero-order valence-corrected chi connectivity index (χ0v) is 19.9. The molecular weight excluding hydrogens is 418 g/mol. The first kappa shape index (κ1) is 24.5. The Morgan fingerprint density at radius 2 is 2.00 bits per heavy atom. The minimum atomic E-state index is -0.234. The summed E-state index contributed by atoms with van der Waals surface area (Å²) in [6, 6.07) is 12.1. The highest BCUT2D eigenvalue weighted by Gasteiger charge is 2.25. The monoisotopic (exact) mass is 451 g/mol. The Hall–Kier alpha value is -3.18. The number of benzene rings is 1. The van der Waals surface area contributed by atoms with Crippen LogP contribution in [0.15, 0.2) is 30.3 Å². The summed E-state index contributed by atoms with van der Waals surface area (Å²) < 4.78 is 10.5. The van der Waals surface area contributed by atoms with Crippen molar-refractivity contribution >= 4 is 23.2 Å². The summed E-state index contributed by atoms with van der Waals surface area (Å²) in [6.07, 6.45) is 2.26. The van der Waals surface area contributed by atoms with E-state index in [9.17, 15) is 4.79 Å². The number of hydrogen-bond donors (Lipinski definition) is 1. The number of esters is 1. The molecule has 8 nitrogen and oxygen atoms in total. The van der Waals surface area contributed by atoms with Gasteiger partial charge in [0.25, 0.3) is 0 Å². The number of nitriles is 1. The smallest absolute Gasteiger partial charge is 0.306 e. The fourth-order valence-electron chi connectivity index (χ4n) is 4.09. The highest BCUT2D eigenvalue weighted by atomic mass is 16.5. The van der Waals surface area contributed by atoms with Crippen LogP contribution < -0.4 is 10.2 Å². The first-order valence-corrected chi connectivity index (χ1v) is 11.5. The maximum atomic E-state index is 11.8. The van der Waals surface area contributed by atoms with E-state index in [0.29, 0.717) is 24.2 Å². The number of carbonyl (C=O) groups is 1. The van der Waals surface area contributed by atoms with Gasteiger partial charge in [-0.25, -0.2) is 0 Å². The summed E-state index contributed by atoms with van der Waals surface area (Å²) in [4.78, 5) is 14.3. The van der Waals surface area contributed by atoms with Gasteiger partial charge in [-0.05, 0) is 54.5 Å². The Labute approximate surface area is 195 Å². The Bertz CT molecular complexity index is 965. The van der Waals surface area contributed by atoms with Crippen LogP contribution >= 0.6 is 0 Å². The third-order valence-corrected chi connectivity index (χ3v) is 5.83. The molecule has 0 radical (unpaired) electrons. The molecule has 176 valence electrons. The zero-order chi connectivity index (χ0) is 23.8. The predicted octanol–water partition coefficient (Wildman–Crippen LogP) is 4.40. The molecule has 1 N–H and O–H groups in total. The van der Waals surface area contributed by atoms with Crippen molar-refractivity contribution in [3.8, 4) is 6.07 Å². The number of hydrogen-bond acceptors (Lipinski definition) is 8. The minimum Gasteiger partial charge on any atom is -0.469 e. The van der Waals surface area contributed by atoms with Gasteiger partial charge in [0, 0.05) is 25.8 Å². The maximum absolute atomic E-state index is 11.8. The quantitative estimate of drug-likeness (QED) is 0.560. The molecule has 0 bridgehead atoms. The van der Waals surface area contributed by atoms with Crippen LogP contribution in [0.5, 0.6) is 0 Å². The molecule has 1 fully saturated rings. The molecule has 0 saturated carbocycles. The number of methoxy groups -OCH3 is 1. The van der Waals surface area contributed by atoms with Crippen molar-refractivity contribution in [1.29, 1.82) is 5.26 Å². The van der Waals surface area contributed by atoms with Crippen LogP contribution in [0.25, 0.3) is 0 Å². The summed E-state index contributed by atoms with van der Waals surface area (Å²) in [7, 11) is 1.41. The van der Waals surface area contributed by atoms with Gasteiger partial charge in [-0.3, -0.25) is 4.79 Å². The van der Waals surface area contributed by atoms with E-state index in [0.717, 1.165) is 49.5 Å². The standard InChI is InChI=1S/C25H33N5O3/c1-17(2)16-30(21-9-11-33-12-10-21)23-7-5-19(18(3)13-25(31)32-4)14-22(23)27-24-8-6-20(15-26)28-29-24/h5-8,14,17-18,21H,9-13,16H2,1-4H3,(H,27,29)/t18-/m1/s1. The number of ether oxygens (including phenoxy) is 2. The lowest BCUT2D eigenvalue weighted by molar-refractivity contribution is -0.140. The van der Waals surface area contributed by atoms with Crippen molar-refractivity contribution in [2.24, 2.45) is 5.92 Å². The molecule has 1 aromatic heterocycles. The van der Waals surface area contributed by atoms with Gasteiger partial charge < -0.3 is 19.7 Å². The van der Waals surface area contributed by atoms with Gasteiger partial charge in [-0.1, -0.05) is 26.8 Å². The molecule has 0 amide bonds. The van der Waals surface area contributed by atoms with E-state index in [1.165, 1.54) is 7.11 Å². The predicted molar refractivity (Wildman–Crippen MR) is 128 cm³/mol. The van der Waals surface area contributed by atoms with Crippen LogP contribution in [0.3, 0.4) is 0 Å². The molecule has 1 aliphatic rings. The molecule has 2 aromatic rings. The molecule has 1 saturated heterocycles. The van der Waals surface area contributed by atoms with Gasteiger partial charge in [0.15, 0.2) is 11.5 Å². The maximum Gasteiger partial charge on any atom is 0.306 e. The number of carbonyl (C=O) groups excluding carboxylic acids is 1. The van der Waals surface area contributed by atoms with Gasteiger partial charge in [0.05, 0.1) is 24.9 Å².